The number of hydrogen-bond acceptors (Lipinski definition) is 2. The highest BCUT2D eigenvalue weighted by Gasteiger charge is 2.25. The Labute approximate surface area is 284 Å². The molecule has 4 unspecified atom stereocenters. The quantitative estimate of drug-likeness (QED) is 0.114. The second kappa shape index (κ2) is 22.6. The van der Waals surface area contributed by atoms with Crippen LogP contribution in [0.5, 0.6) is 11.5 Å². The van der Waals surface area contributed by atoms with Crippen molar-refractivity contribution >= 4 is 0 Å². The van der Waals surface area contributed by atoms with Crippen molar-refractivity contribution in [2.24, 2.45) is 23.7 Å². The van der Waals surface area contributed by atoms with Crippen LogP contribution in [0.3, 0.4) is 0 Å². The molecule has 2 fully saturated rings. The SMILES string of the molecule is CCCCCCCC1CCCCC1CCCOc1ccc(-c2ccc(OCCCC3CCCCC3CCCCCCC)cc2)cc1. The lowest BCUT2D eigenvalue weighted by molar-refractivity contribution is 0.190. The van der Waals surface area contributed by atoms with Crippen molar-refractivity contribution in [3.63, 3.8) is 0 Å². The number of hydrogen-bond donors (Lipinski definition) is 0. The zero-order chi connectivity index (χ0) is 32.1. The Morgan fingerprint density at radius 3 is 1.09 bits per heavy atom. The predicted molar refractivity (Wildman–Crippen MR) is 199 cm³/mol. The van der Waals surface area contributed by atoms with E-state index in [2.05, 4.69) is 62.4 Å². The van der Waals surface area contributed by atoms with E-state index in [0.29, 0.717) is 0 Å². The fraction of sp³-hybridized carbons (Fsp3) is 0.727. The van der Waals surface area contributed by atoms with Crippen LogP contribution >= 0.6 is 0 Å². The lowest BCUT2D eigenvalue weighted by Gasteiger charge is -2.32. The smallest absolute Gasteiger partial charge is 0.119 e. The van der Waals surface area contributed by atoms with Gasteiger partial charge in [-0.25, -0.2) is 0 Å². The van der Waals surface area contributed by atoms with Gasteiger partial charge in [-0.05, 0) is 84.7 Å². The number of benzene rings is 2. The highest BCUT2D eigenvalue weighted by Crippen LogP contribution is 2.38. The molecule has 0 bridgehead atoms. The van der Waals surface area contributed by atoms with Crippen LogP contribution in [0, 0.1) is 23.7 Å². The van der Waals surface area contributed by atoms with E-state index >= 15 is 0 Å². The number of unbranched alkanes of at least 4 members (excludes halogenated alkanes) is 8. The van der Waals surface area contributed by atoms with E-state index in [1.807, 2.05) is 0 Å². The Hall–Kier alpha value is -1.96. The van der Waals surface area contributed by atoms with Crippen molar-refractivity contribution in [1.29, 1.82) is 0 Å². The van der Waals surface area contributed by atoms with Gasteiger partial charge in [-0.3, -0.25) is 0 Å². The molecule has 0 saturated heterocycles. The fourth-order valence-corrected chi connectivity index (χ4v) is 8.67. The zero-order valence-corrected chi connectivity index (χ0v) is 30.1. The van der Waals surface area contributed by atoms with Gasteiger partial charge in [-0.1, -0.05) is 167 Å². The van der Waals surface area contributed by atoms with Crippen molar-refractivity contribution in [1.82, 2.24) is 0 Å². The first-order chi connectivity index (χ1) is 22.8. The molecule has 4 rings (SSSR count). The van der Waals surface area contributed by atoms with Crippen LogP contribution < -0.4 is 9.47 Å². The van der Waals surface area contributed by atoms with Gasteiger partial charge in [0.05, 0.1) is 13.2 Å². The Balaban J connectivity index is 1.10. The molecule has 2 heteroatoms. The molecule has 0 amide bonds. The van der Waals surface area contributed by atoms with E-state index in [1.165, 1.54) is 165 Å². The second-order valence-electron chi connectivity index (χ2n) is 15.0. The molecule has 2 saturated carbocycles. The topological polar surface area (TPSA) is 18.5 Å². The van der Waals surface area contributed by atoms with Crippen LogP contribution in [-0.2, 0) is 0 Å². The molecule has 2 aliphatic carbocycles. The van der Waals surface area contributed by atoms with Gasteiger partial charge in [-0.2, -0.15) is 0 Å². The molecule has 4 atom stereocenters. The van der Waals surface area contributed by atoms with E-state index in [0.717, 1.165) is 48.4 Å². The lowest BCUT2D eigenvalue weighted by Crippen LogP contribution is -2.20. The molecule has 2 aliphatic rings. The van der Waals surface area contributed by atoms with Gasteiger partial charge in [0.2, 0.25) is 0 Å². The minimum atomic E-state index is 0.839. The van der Waals surface area contributed by atoms with Crippen molar-refractivity contribution in [3.05, 3.63) is 48.5 Å². The predicted octanol–water partition coefficient (Wildman–Crippen LogP) is 14.0. The summed E-state index contributed by atoms with van der Waals surface area (Å²) in [5.74, 6) is 5.79. The Morgan fingerprint density at radius 2 is 0.739 bits per heavy atom. The molecule has 0 aliphatic heterocycles. The average Bonchev–Trinajstić information content (AvgIpc) is 3.10. The van der Waals surface area contributed by atoms with Crippen molar-refractivity contribution in [2.75, 3.05) is 13.2 Å². The summed E-state index contributed by atoms with van der Waals surface area (Å²) in [5, 5.41) is 0. The minimum Gasteiger partial charge on any atom is -0.494 e. The van der Waals surface area contributed by atoms with E-state index in [1.54, 1.807) is 0 Å². The maximum Gasteiger partial charge on any atom is 0.119 e. The van der Waals surface area contributed by atoms with Crippen LogP contribution in [0.15, 0.2) is 48.5 Å². The lowest BCUT2D eigenvalue weighted by atomic mass is 9.74. The Kier molecular flexibility index (Phi) is 18.1. The van der Waals surface area contributed by atoms with E-state index < -0.39 is 0 Å². The molecule has 2 aromatic rings. The first-order valence-electron chi connectivity index (χ1n) is 20.2. The van der Waals surface area contributed by atoms with Gasteiger partial charge >= 0.3 is 0 Å². The first-order valence-corrected chi connectivity index (χ1v) is 20.2. The molecule has 0 spiro atoms. The summed E-state index contributed by atoms with van der Waals surface area (Å²) in [5.41, 5.74) is 2.47. The first kappa shape index (κ1) is 36.9. The molecule has 258 valence electrons. The van der Waals surface area contributed by atoms with Crippen LogP contribution in [0.25, 0.3) is 11.1 Å². The molecule has 0 aromatic heterocycles. The third-order valence-electron chi connectivity index (χ3n) is 11.5. The number of ether oxygens (including phenoxy) is 2. The third kappa shape index (κ3) is 13.6. The highest BCUT2D eigenvalue weighted by molar-refractivity contribution is 5.64. The van der Waals surface area contributed by atoms with Gasteiger partial charge in [0.25, 0.3) is 0 Å². The van der Waals surface area contributed by atoms with Crippen molar-refractivity contribution in [2.45, 2.75) is 168 Å². The zero-order valence-electron chi connectivity index (χ0n) is 30.1. The standard InChI is InChI=1S/C44H70O2/c1-3-5-7-9-11-19-37-21-13-15-23-39(37)25-17-35-45-43-31-27-41(28-32-43)42-29-33-44(34-30-42)46-36-18-26-40-24-16-14-22-38(40)20-12-10-8-6-4-2/h27-34,37-40H,3-26,35-36H2,1-2H3. The fourth-order valence-electron chi connectivity index (χ4n) is 8.67. The van der Waals surface area contributed by atoms with Crippen LogP contribution in [0.1, 0.15) is 168 Å². The maximum atomic E-state index is 6.19. The summed E-state index contributed by atoms with van der Waals surface area (Å²) in [6.45, 7) is 6.30. The third-order valence-corrected chi connectivity index (χ3v) is 11.5. The Bertz CT molecular complexity index is 928. The summed E-state index contributed by atoms with van der Waals surface area (Å²) >= 11 is 0. The van der Waals surface area contributed by atoms with Gasteiger partial charge in [0.1, 0.15) is 11.5 Å². The molecule has 0 radical (unpaired) electrons. The minimum absolute atomic E-state index is 0.839. The molecular weight excluding hydrogens is 560 g/mol. The molecular formula is C44H70O2. The number of rotatable bonds is 23. The van der Waals surface area contributed by atoms with Crippen molar-refractivity contribution < 1.29 is 9.47 Å². The largest absolute Gasteiger partial charge is 0.494 e. The van der Waals surface area contributed by atoms with Gasteiger partial charge in [0.15, 0.2) is 0 Å². The normalized spacial score (nSPS) is 21.7. The van der Waals surface area contributed by atoms with Crippen molar-refractivity contribution in [3.8, 4) is 22.6 Å². The molecule has 2 aromatic carbocycles. The summed E-state index contributed by atoms with van der Waals surface area (Å²) in [6.07, 6.45) is 33.7. The molecule has 0 heterocycles. The molecule has 2 nitrogen and oxygen atoms in total. The molecule has 0 N–H and O–H groups in total. The summed E-state index contributed by atoms with van der Waals surface area (Å²) in [7, 11) is 0. The summed E-state index contributed by atoms with van der Waals surface area (Å²) in [4.78, 5) is 0. The van der Waals surface area contributed by atoms with Gasteiger partial charge < -0.3 is 9.47 Å². The monoisotopic (exact) mass is 631 g/mol. The van der Waals surface area contributed by atoms with Gasteiger partial charge in [-0.15, -0.1) is 0 Å². The van der Waals surface area contributed by atoms with Crippen LogP contribution in [0.2, 0.25) is 0 Å². The van der Waals surface area contributed by atoms with Gasteiger partial charge in [0, 0.05) is 0 Å². The highest BCUT2D eigenvalue weighted by atomic mass is 16.5. The second-order valence-corrected chi connectivity index (χ2v) is 15.0. The average molecular weight is 631 g/mol. The Morgan fingerprint density at radius 1 is 0.413 bits per heavy atom. The molecule has 46 heavy (non-hydrogen) atoms. The van der Waals surface area contributed by atoms with Crippen LogP contribution in [0.4, 0.5) is 0 Å². The summed E-state index contributed by atoms with van der Waals surface area (Å²) in [6, 6.07) is 17.4. The van der Waals surface area contributed by atoms with E-state index in [-0.39, 0.29) is 0 Å². The maximum absolute atomic E-state index is 6.19. The van der Waals surface area contributed by atoms with Crippen LogP contribution in [-0.4, -0.2) is 13.2 Å². The van der Waals surface area contributed by atoms with E-state index in [4.69, 9.17) is 9.47 Å². The van der Waals surface area contributed by atoms with E-state index in [9.17, 15) is 0 Å². The summed E-state index contributed by atoms with van der Waals surface area (Å²) < 4.78 is 12.4.